The van der Waals surface area contributed by atoms with Crippen molar-refractivity contribution in [1.29, 1.82) is 0 Å². The van der Waals surface area contributed by atoms with Gasteiger partial charge in [-0.2, -0.15) is 5.10 Å². The number of nitrogens with one attached hydrogen (secondary N) is 1. The third-order valence-electron chi connectivity index (χ3n) is 2.34. The lowest BCUT2D eigenvalue weighted by molar-refractivity contribution is -0.137. The molecule has 0 saturated carbocycles. The fourth-order valence-corrected chi connectivity index (χ4v) is 1.62. The zero-order chi connectivity index (χ0) is 11.4. The van der Waals surface area contributed by atoms with Gasteiger partial charge in [0.05, 0.1) is 11.9 Å². The van der Waals surface area contributed by atoms with Crippen LogP contribution in [0.4, 0.5) is 5.69 Å². The standard InChI is InChI=1S/C10H14N4O2/c15-10(16)7-14-6-8(5-12-14)13-9-3-1-2-4-11-9/h5-6H,1-4,7H2,(H,11,13)(H,15,16). The molecule has 0 spiro atoms. The number of amidine groups is 1. The molecule has 6 nitrogen and oxygen atoms in total. The molecule has 86 valence electrons. The molecule has 0 unspecified atom stereocenters. The lowest BCUT2D eigenvalue weighted by Crippen LogP contribution is -2.15. The van der Waals surface area contributed by atoms with Gasteiger partial charge in [0.25, 0.3) is 0 Å². The maximum atomic E-state index is 10.5. The summed E-state index contributed by atoms with van der Waals surface area (Å²) in [5.74, 6) is 0.0609. The van der Waals surface area contributed by atoms with Crippen molar-refractivity contribution >= 4 is 17.5 Å². The van der Waals surface area contributed by atoms with Crippen LogP contribution in [0.3, 0.4) is 0 Å². The number of hydrogen-bond donors (Lipinski definition) is 2. The number of aliphatic carboxylic acids is 1. The first-order chi connectivity index (χ1) is 7.74. The number of aromatic nitrogens is 2. The van der Waals surface area contributed by atoms with Gasteiger partial charge < -0.3 is 10.4 Å². The summed E-state index contributed by atoms with van der Waals surface area (Å²) in [6.45, 7) is 0.750. The quantitative estimate of drug-likeness (QED) is 0.798. The van der Waals surface area contributed by atoms with E-state index in [9.17, 15) is 4.79 Å². The van der Waals surface area contributed by atoms with Crippen LogP contribution >= 0.6 is 0 Å². The SMILES string of the molecule is O=C(O)Cn1cc(NC2=NCCCC2)cn1. The summed E-state index contributed by atoms with van der Waals surface area (Å²) in [5, 5.41) is 15.7. The van der Waals surface area contributed by atoms with Crippen molar-refractivity contribution in [3.63, 3.8) is 0 Å². The minimum Gasteiger partial charge on any atom is -0.480 e. The van der Waals surface area contributed by atoms with Crippen LogP contribution in [-0.4, -0.2) is 33.2 Å². The summed E-state index contributed by atoms with van der Waals surface area (Å²) in [4.78, 5) is 14.8. The number of rotatable bonds is 3. The van der Waals surface area contributed by atoms with E-state index in [1.165, 1.54) is 4.68 Å². The number of hydrogen-bond acceptors (Lipinski definition) is 4. The zero-order valence-electron chi connectivity index (χ0n) is 8.89. The average molecular weight is 222 g/mol. The van der Waals surface area contributed by atoms with Crippen molar-refractivity contribution in [1.82, 2.24) is 9.78 Å². The van der Waals surface area contributed by atoms with Gasteiger partial charge in [0.15, 0.2) is 0 Å². The van der Waals surface area contributed by atoms with E-state index in [0.717, 1.165) is 37.3 Å². The molecule has 0 aliphatic carbocycles. The smallest absolute Gasteiger partial charge is 0.325 e. The molecule has 1 aromatic heterocycles. The predicted molar refractivity (Wildman–Crippen MR) is 59.6 cm³/mol. The molecular formula is C10H14N4O2. The van der Waals surface area contributed by atoms with Gasteiger partial charge in [0, 0.05) is 19.2 Å². The molecule has 6 heteroatoms. The molecule has 2 N–H and O–H groups in total. The molecule has 0 atom stereocenters. The summed E-state index contributed by atoms with van der Waals surface area (Å²) in [7, 11) is 0. The van der Waals surface area contributed by atoms with Crippen molar-refractivity contribution in [2.75, 3.05) is 11.9 Å². The Hall–Kier alpha value is -1.85. The highest BCUT2D eigenvalue weighted by Crippen LogP contribution is 2.10. The van der Waals surface area contributed by atoms with Crippen LogP contribution in [0.1, 0.15) is 19.3 Å². The summed E-state index contributed by atoms with van der Waals surface area (Å²) in [6.07, 6.45) is 6.52. The Bertz CT molecular complexity index is 411. The van der Waals surface area contributed by atoms with Crippen molar-refractivity contribution in [3.05, 3.63) is 12.4 Å². The van der Waals surface area contributed by atoms with Crippen LogP contribution in [0, 0.1) is 0 Å². The van der Waals surface area contributed by atoms with Gasteiger partial charge in [0.2, 0.25) is 0 Å². The number of carboxylic acids is 1. The highest BCUT2D eigenvalue weighted by Gasteiger charge is 2.07. The van der Waals surface area contributed by atoms with Crippen molar-refractivity contribution in [2.24, 2.45) is 4.99 Å². The van der Waals surface area contributed by atoms with E-state index < -0.39 is 5.97 Å². The molecular weight excluding hydrogens is 208 g/mol. The highest BCUT2D eigenvalue weighted by atomic mass is 16.4. The van der Waals surface area contributed by atoms with Gasteiger partial charge >= 0.3 is 5.97 Å². The van der Waals surface area contributed by atoms with Crippen molar-refractivity contribution < 1.29 is 9.90 Å². The summed E-state index contributed by atoms with van der Waals surface area (Å²) < 4.78 is 1.38. The fraction of sp³-hybridized carbons (Fsp3) is 0.500. The minimum absolute atomic E-state index is 0.117. The van der Waals surface area contributed by atoms with Crippen LogP contribution in [0.2, 0.25) is 0 Å². The molecule has 0 saturated heterocycles. The van der Waals surface area contributed by atoms with E-state index in [1.54, 1.807) is 12.4 Å². The highest BCUT2D eigenvalue weighted by molar-refractivity contribution is 5.95. The Morgan fingerprint density at radius 1 is 1.56 bits per heavy atom. The fourth-order valence-electron chi connectivity index (χ4n) is 1.62. The number of anilines is 1. The average Bonchev–Trinajstić information content (AvgIpc) is 2.66. The van der Waals surface area contributed by atoms with E-state index in [2.05, 4.69) is 15.4 Å². The second-order valence-corrected chi connectivity index (χ2v) is 3.73. The maximum Gasteiger partial charge on any atom is 0.325 e. The normalized spacial score (nSPS) is 15.6. The third kappa shape index (κ3) is 2.82. The first-order valence-corrected chi connectivity index (χ1v) is 5.28. The van der Waals surface area contributed by atoms with Crippen molar-refractivity contribution in [3.8, 4) is 0 Å². The predicted octanol–water partition coefficient (Wildman–Crippen LogP) is 0.962. The molecule has 0 aromatic carbocycles. The van der Waals surface area contributed by atoms with Crippen LogP contribution in [0.5, 0.6) is 0 Å². The lowest BCUT2D eigenvalue weighted by Gasteiger charge is -2.12. The Balaban J connectivity index is 1.96. The van der Waals surface area contributed by atoms with Gasteiger partial charge in [0.1, 0.15) is 12.4 Å². The molecule has 0 fully saturated rings. The summed E-state index contributed by atoms with van der Waals surface area (Å²) in [5.41, 5.74) is 0.793. The van der Waals surface area contributed by atoms with Crippen LogP contribution < -0.4 is 5.32 Å². The van der Waals surface area contributed by atoms with E-state index in [-0.39, 0.29) is 6.54 Å². The molecule has 2 rings (SSSR count). The van der Waals surface area contributed by atoms with E-state index in [1.807, 2.05) is 0 Å². The molecule has 1 aliphatic heterocycles. The number of carboxylic acid groups (broad SMARTS) is 1. The topological polar surface area (TPSA) is 79.5 Å². The monoisotopic (exact) mass is 222 g/mol. The zero-order valence-corrected chi connectivity index (χ0v) is 8.89. The molecule has 16 heavy (non-hydrogen) atoms. The first kappa shape index (κ1) is 10.7. The van der Waals surface area contributed by atoms with Gasteiger partial charge in [-0.25, -0.2) is 0 Å². The minimum atomic E-state index is -0.898. The number of carbonyl (C=O) groups is 1. The first-order valence-electron chi connectivity index (χ1n) is 5.28. The van der Waals surface area contributed by atoms with Gasteiger partial charge in [-0.05, 0) is 12.8 Å². The van der Waals surface area contributed by atoms with Crippen LogP contribution in [-0.2, 0) is 11.3 Å². The van der Waals surface area contributed by atoms with Crippen molar-refractivity contribution in [2.45, 2.75) is 25.8 Å². The maximum absolute atomic E-state index is 10.5. The van der Waals surface area contributed by atoms with Gasteiger partial charge in [-0.1, -0.05) is 0 Å². The molecule has 1 aliphatic rings. The molecule has 0 amide bonds. The number of aliphatic imine (C=N–C) groups is 1. The van der Waals surface area contributed by atoms with Crippen LogP contribution in [0.25, 0.3) is 0 Å². The largest absolute Gasteiger partial charge is 0.480 e. The third-order valence-corrected chi connectivity index (χ3v) is 2.34. The molecule has 2 heterocycles. The molecule has 1 aromatic rings. The Kier molecular flexibility index (Phi) is 3.19. The summed E-state index contributed by atoms with van der Waals surface area (Å²) in [6, 6.07) is 0. The summed E-state index contributed by atoms with van der Waals surface area (Å²) >= 11 is 0. The number of nitrogens with zero attached hydrogens (tertiary/aromatic N) is 3. The second-order valence-electron chi connectivity index (χ2n) is 3.73. The van der Waals surface area contributed by atoms with E-state index in [4.69, 9.17) is 5.11 Å². The molecule has 0 radical (unpaired) electrons. The van der Waals surface area contributed by atoms with Crippen LogP contribution in [0.15, 0.2) is 17.4 Å². The van der Waals surface area contributed by atoms with E-state index in [0.29, 0.717) is 0 Å². The Labute approximate surface area is 93.0 Å². The lowest BCUT2D eigenvalue weighted by atomic mass is 10.2. The molecule has 0 bridgehead atoms. The Morgan fingerprint density at radius 3 is 3.12 bits per heavy atom. The van der Waals surface area contributed by atoms with Gasteiger partial charge in [-0.3, -0.25) is 14.5 Å². The van der Waals surface area contributed by atoms with E-state index >= 15 is 0 Å². The Morgan fingerprint density at radius 2 is 2.44 bits per heavy atom. The second kappa shape index (κ2) is 4.78. The van der Waals surface area contributed by atoms with Gasteiger partial charge in [-0.15, -0.1) is 0 Å².